The van der Waals surface area contributed by atoms with E-state index in [0.717, 1.165) is 16.2 Å². The van der Waals surface area contributed by atoms with Gasteiger partial charge in [0.15, 0.2) is 6.20 Å². The Labute approximate surface area is 150 Å². The van der Waals surface area contributed by atoms with E-state index in [1.54, 1.807) is 24.0 Å². The van der Waals surface area contributed by atoms with Crippen LogP contribution in [0.3, 0.4) is 0 Å². The molecule has 0 aliphatic carbocycles. The Bertz CT molecular complexity index is 641. The Morgan fingerprint density at radius 1 is 1.04 bits per heavy atom. The molecule has 0 saturated heterocycles. The monoisotopic (exact) mass is 343 g/mol. The van der Waals surface area contributed by atoms with Gasteiger partial charge >= 0.3 is 0 Å². The quantitative estimate of drug-likeness (QED) is 0.237. The highest BCUT2D eigenvalue weighted by Crippen LogP contribution is 2.39. The molecule has 0 N–H and O–H groups in total. The lowest BCUT2D eigenvalue weighted by Gasteiger charge is -2.19. The van der Waals surface area contributed by atoms with Crippen molar-refractivity contribution in [2.45, 2.75) is 69.6 Å². The van der Waals surface area contributed by atoms with Crippen LogP contribution in [0.4, 0.5) is 0 Å². The molecule has 0 radical (unpaired) electrons. The Balaban J connectivity index is 2.14. The number of hydrogen-bond donors (Lipinski definition) is 0. The van der Waals surface area contributed by atoms with Gasteiger partial charge in [-0.25, -0.2) is 0 Å². The lowest BCUT2D eigenvalue weighted by molar-refractivity contribution is -0.645. The van der Waals surface area contributed by atoms with Gasteiger partial charge in [0.25, 0.3) is 5.03 Å². The van der Waals surface area contributed by atoms with Crippen molar-refractivity contribution >= 4 is 11.8 Å². The van der Waals surface area contributed by atoms with Gasteiger partial charge in [-0.05, 0) is 49.2 Å². The van der Waals surface area contributed by atoms with Gasteiger partial charge in [-0.1, -0.05) is 62.8 Å². The Kier molecular flexibility index (Phi) is 7.64. The van der Waals surface area contributed by atoms with E-state index >= 15 is 0 Å². The van der Waals surface area contributed by atoms with Crippen LogP contribution in [-0.4, -0.2) is 0 Å². The minimum atomic E-state index is 0.342. The number of thioether (sulfide) groups is 1. The zero-order valence-corrected chi connectivity index (χ0v) is 15.9. The molecule has 1 aromatic carbocycles. The fourth-order valence-corrected chi connectivity index (χ4v) is 4.25. The van der Waals surface area contributed by atoms with E-state index in [2.05, 4.69) is 39.0 Å². The number of benzene rings is 1. The third kappa shape index (κ3) is 5.55. The van der Waals surface area contributed by atoms with Gasteiger partial charge in [0, 0.05) is 17.4 Å². The second-order valence-corrected chi connectivity index (χ2v) is 7.76. The van der Waals surface area contributed by atoms with Crippen molar-refractivity contribution < 1.29 is 4.73 Å². The molecule has 24 heavy (non-hydrogen) atoms. The van der Waals surface area contributed by atoms with E-state index in [4.69, 9.17) is 0 Å². The minimum absolute atomic E-state index is 0.342. The number of nitrogens with zero attached hydrogens (tertiary/aromatic N) is 1. The second kappa shape index (κ2) is 9.73. The number of pyridine rings is 1. The average Bonchev–Trinajstić information content (AvgIpc) is 2.57. The Morgan fingerprint density at radius 2 is 1.83 bits per heavy atom. The molecule has 2 rings (SSSR count). The molecule has 0 saturated carbocycles. The zero-order valence-electron chi connectivity index (χ0n) is 15.1. The predicted octanol–water partition coefficient (Wildman–Crippen LogP) is 6.13. The van der Waals surface area contributed by atoms with Crippen LogP contribution in [0, 0.1) is 19.1 Å². The normalized spacial score (nSPS) is 12.3. The van der Waals surface area contributed by atoms with Gasteiger partial charge < -0.3 is 5.21 Å². The average molecular weight is 344 g/mol. The van der Waals surface area contributed by atoms with E-state index in [1.807, 2.05) is 12.1 Å². The molecule has 1 aromatic heterocycles. The molecule has 0 bridgehead atoms. The second-order valence-electron chi connectivity index (χ2n) is 6.53. The van der Waals surface area contributed by atoms with Crippen molar-refractivity contribution in [2.75, 3.05) is 0 Å². The van der Waals surface area contributed by atoms with E-state index in [-0.39, 0.29) is 0 Å². The lowest BCUT2D eigenvalue weighted by atomic mass is 9.99. The molecule has 0 spiro atoms. The van der Waals surface area contributed by atoms with E-state index in [0.29, 0.717) is 5.25 Å². The number of hydrogen-bond acceptors (Lipinski definition) is 2. The number of aryl methyl sites for hydroxylation is 2. The summed E-state index contributed by atoms with van der Waals surface area (Å²) in [7, 11) is 0. The van der Waals surface area contributed by atoms with Crippen LogP contribution in [0.5, 0.6) is 0 Å². The van der Waals surface area contributed by atoms with Crippen LogP contribution >= 0.6 is 11.8 Å². The van der Waals surface area contributed by atoms with Gasteiger partial charge in [-0.15, -0.1) is 0 Å². The number of rotatable bonds is 9. The van der Waals surface area contributed by atoms with Crippen molar-refractivity contribution in [3.8, 4) is 0 Å². The summed E-state index contributed by atoms with van der Waals surface area (Å²) < 4.78 is 0.986. The number of unbranched alkanes of at least 4 members (excludes halogenated alkanes) is 4. The first kappa shape index (κ1) is 18.9. The maximum absolute atomic E-state index is 12.0. The largest absolute Gasteiger partial charge is 0.618 e. The van der Waals surface area contributed by atoms with Crippen LogP contribution in [0.1, 0.15) is 67.4 Å². The summed E-state index contributed by atoms with van der Waals surface area (Å²) in [6, 6.07) is 12.3. The first-order valence-electron chi connectivity index (χ1n) is 9.03. The summed E-state index contributed by atoms with van der Waals surface area (Å²) >= 11 is 1.71. The molecular formula is C21H29NOS. The van der Waals surface area contributed by atoms with Gasteiger partial charge in [-0.3, -0.25) is 0 Å². The molecule has 2 nitrogen and oxygen atoms in total. The molecule has 130 valence electrons. The summed E-state index contributed by atoms with van der Waals surface area (Å²) in [6.07, 6.45) is 9.11. The highest BCUT2D eigenvalue weighted by molar-refractivity contribution is 7.99. The summed E-state index contributed by atoms with van der Waals surface area (Å²) in [4.78, 5) is 0. The highest BCUT2D eigenvalue weighted by atomic mass is 32.2. The third-order valence-electron chi connectivity index (χ3n) is 4.40. The Hall–Kier alpha value is -1.48. The van der Waals surface area contributed by atoms with Crippen LogP contribution in [-0.2, 0) is 0 Å². The SMILES string of the molecule is CCCCCCCC(Sc1cccc[n+]1[O-])c1cc(C)ccc1C. The van der Waals surface area contributed by atoms with Gasteiger partial charge in [-0.2, -0.15) is 4.73 Å². The van der Waals surface area contributed by atoms with Crippen molar-refractivity contribution in [2.24, 2.45) is 0 Å². The van der Waals surface area contributed by atoms with Gasteiger partial charge in [0.1, 0.15) is 0 Å². The lowest BCUT2D eigenvalue weighted by Crippen LogP contribution is -2.28. The summed E-state index contributed by atoms with van der Waals surface area (Å²) in [6.45, 7) is 6.56. The highest BCUT2D eigenvalue weighted by Gasteiger charge is 2.19. The molecule has 0 amide bonds. The predicted molar refractivity (Wildman–Crippen MR) is 103 cm³/mol. The summed E-state index contributed by atoms with van der Waals surface area (Å²) in [5, 5.41) is 13.2. The molecule has 1 atom stereocenters. The third-order valence-corrected chi connectivity index (χ3v) is 5.73. The van der Waals surface area contributed by atoms with Crippen molar-refractivity contribution in [1.29, 1.82) is 0 Å². The van der Waals surface area contributed by atoms with E-state index in [1.165, 1.54) is 48.8 Å². The van der Waals surface area contributed by atoms with Crippen LogP contribution in [0.15, 0.2) is 47.6 Å². The molecular weight excluding hydrogens is 314 g/mol. The smallest absolute Gasteiger partial charge is 0.251 e. The maximum Gasteiger partial charge on any atom is 0.251 e. The molecule has 2 aromatic rings. The van der Waals surface area contributed by atoms with Gasteiger partial charge in [0.2, 0.25) is 0 Å². The van der Waals surface area contributed by atoms with Crippen LogP contribution < -0.4 is 4.73 Å². The zero-order chi connectivity index (χ0) is 17.4. The molecule has 1 heterocycles. The molecule has 0 fully saturated rings. The minimum Gasteiger partial charge on any atom is -0.618 e. The summed E-state index contributed by atoms with van der Waals surface area (Å²) in [5.41, 5.74) is 3.98. The molecule has 0 aliphatic heterocycles. The van der Waals surface area contributed by atoms with Crippen LogP contribution in [0.25, 0.3) is 0 Å². The summed E-state index contributed by atoms with van der Waals surface area (Å²) in [5.74, 6) is 0. The van der Waals surface area contributed by atoms with E-state index in [9.17, 15) is 5.21 Å². The first-order chi connectivity index (χ1) is 11.6. The first-order valence-corrected chi connectivity index (χ1v) is 9.91. The fraction of sp³-hybridized carbons (Fsp3) is 0.476. The van der Waals surface area contributed by atoms with Crippen molar-refractivity contribution in [3.05, 3.63) is 64.5 Å². The topological polar surface area (TPSA) is 26.9 Å². The van der Waals surface area contributed by atoms with Crippen molar-refractivity contribution in [1.82, 2.24) is 0 Å². The number of aromatic nitrogens is 1. The van der Waals surface area contributed by atoms with Gasteiger partial charge in [0.05, 0.1) is 0 Å². The van der Waals surface area contributed by atoms with Crippen molar-refractivity contribution in [3.63, 3.8) is 0 Å². The molecule has 0 aliphatic rings. The van der Waals surface area contributed by atoms with E-state index < -0.39 is 0 Å². The van der Waals surface area contributed by atoms with Crippen LogP contribution in [0.2, 0.25) is 0 Å². The maximum atomic E-state index is 12.0. The molecule has 3 heteroatoms. The molecule has 1 unspecified atom stereocenters. The standard InChI is InChI=1S/C21H29NOS/c1-4-5-6-7-8-11-20(19-16-17(2)13-14-18(19)3)24-21-12-9-10-15-22(21)23/h9-10,12-16,20H,4-8,11H2,1-3H3. The Morgan fingerprint density at radius 3 is 2.58 bits per heavy atom. The fourth-order valence-electron chi connectivity index (χ4n) is 2.97.